The second-order valence-corrected chi connectivity index (χ2v) is 8.53. The lowest BCUT2D eigenvalue weighted by Crippen LogP contribution is -2.36. The van der Waals surface area contributed by atoms with Crippen LogP contribution in [0.2, 0.25) is 0 Å². The van der Waals surface area contributed by atoms with Crippen molar-refractivity contribution in [3.63, 3.8) is 0 Å². The van der Waals surface area contributed by atoms with Crippen LogP contribution in [-0.2, 0) is 11.3 Å². The van der Waals surface area contributed by atoms with Crippen molar-refractivity contribution in [1.29, 1.82) is 0 Å². The third kappa shape index (κ3) is 3.77. The number of nitrogens with one attached hydrogen (secondary N) is 1. The third-order valence-corrected chi connectivity index (χ3v) is 6.65. The molecule has 0 bridgehead atoms. The van der Waals surface area contributed by atoms with Crippen molar-refractivity contribution in [2.75, 3.05) is 18.4 Å². The predicted octanol–water partition coefficient (Wildman–Crippen LogP) is 5.33. The Bertz CT molecular complexity index is 1040. The summed E-state index contributed by atoms with van der Waals surface area (Å²) in [4.78, 5) is 15.1. The molecule has 1 amide bonds. The average Bonchev–Trinajstić information content (AvgIpc) is 3.18. The monoisotopic (exact) mass is 404 g/mol. The molecule has 2 aliphatic rings. The fourth-order valence-electron chi connectivity index (χ4n) is 4.79. The molecule has 1 aliphatic heterocycles. The van der Waals surface area contributed by atoms with Crippen LogP contribution in [0.5, 0.6) is 0 Å². The van der Waals surface area contributed by atoms with Crippen molar-refractivity contribution in [3.05, 3.63) is 78.3 Å². The summed E-state index contributed by atoms with van der Waals surface area (Å²) < 4.78 is 19.0. The molecule has 1 unspecified atom stereocenters. The molecule has 2 aromatic carbocycles. The molecule has 5 rings (SSSR count). The number of likely N-dealkylation sites (tertiary alicyclic amines) is 1. The quantitative estimate of drug-likeness (QED) is 0.625. The summed E-state index contributed by atoms with van der Waals surface area (Å²) in [6.07, 6.45) is 4.69. The summed E-state index contributed by atoms with van der Waals surface area (Å²) in [6, 6.07) is 18.4. The number of piperidine rings is 1. The van der Waals surface area contributed by atoms with E-state index in [9.17, 15) is 9.18 Å². The van der Waals surface area contributed by atoms with Gasteiger partial charge in [0, 0.05) is 23.7 Å². The largest absolute Gasteiger partial charge is 0.464 e. The van der Waals surface area contributed by atoms with Gasteiger partial charge in [0.2, 0.25) is 5.91 Å². The Labute approximate surface area is 175 Å². The van der Waals surface area contributed by atoms with Crippen LogP contribution in [0.15, 0.2) is 71.3 Å². The number of carbonyl (C=O) groups excluding carboxylic acids is 1. The first kappa shape index (κ1) is 19.1. The molecule has 1 saturated heterocycles. The molecule has 1 aliphatic carbocycles. The number of hydrogen-bond donors (Lipinski definition) is 1. The van der Waals surface area contributed by atoms with Gasteiger partial charge in [-0.2, -0.15) is 0 Å². The summed E-state index contributed by atoms with van der Waals surface area (Å²) in [5, 5.41) is 2.89. The molecule has 1 atom stereocenters. The van der Waals surface area contributed by atoms with E-state index in [4.69, 9.17) is 4.42 Å². The van der Waals surface area contributed by atoms with Crippen molar-refractivity contribution in [1.82, 2.24) is 4.90 Å². The highest BCUT2D eigenvalue weighted by Gasteiger charge is 2.58. The minimum absolute atomic E-state index is 0.0252. The number of hydrogen-bond acceptors (Lipinski definition) is 3. The summed E-state index contributed by atoms with van der Waals surface area (Å²) in [7, 11) is 0. The highest BCUT2D eigenvalue weighted by Crippen LogP contribution is 2.59. The maximum Gasteiger partial charge on any atom is 0.228 e. The number of nitrogens with zero attached hydrogens (tertiary/aromatic N) is 1. The van der Waals surface area contributed by atoms with Crippen LogP contribution in [0, 0.1) is 17.2 Å². The second kappa shape index (κ2) is 7.73. The van der Waals surface area contributed by atoms with Gasteiger partial charge in [-0.1, -0.05) is 30.3 Å². The van der Waals surface area contributed by atoms with E-state index in [1.165, 1.54) is 17.7 Å². The van der Waals surface area contributed by atoms with Crippen LogP contribution in [0.3, 0.4) is 0 Å². The molecule has 1 N–H and O–H groups in total. The molecule has 5 heteroatoms. The predicted molar refractivity (Wildman–Crippen MR) is 114 cm³/mol. The first-order chi connectivity index (χ1) is 14.6. The van der Waals surface area contributed by atoms with Gasteiger partial charge < -0.3 is 9.73 Å². The van der Waals surface area contributed by atoms with E-state index in [2.05, 4.69) is 28.4 Å². The van der Waals surface area contributed by atoms with Gasteiger partial charge in [0.1, 0.15) is 11.6 Å². The van der Waals surface area contributed by atoms with E-state index >= 15 is 0 Å². The SMILES string of the molecule is O=C(Nc1cccc(F)c1)C1CC12CCN(Cc1ccccc1-c1ccco1)CC2. The van der Waals surface area contributed by atoms with Crippen LogP contribution >= 0.6 is 0 Å². The van der Waals surface area contributed by atoms with Crippen molar-refractivity contribution in [3.8, 4) is 11.3 Å². The van der Waals surface area contributed by atoms with Crippen molar-refractivity contribution < 1.29 is 13.6 Å². The van der Waals surface area contributed by atoms with Crippen LogP contribution < -0.4 is 5.32 Å². The van der Waals surface area contributed by atoms with Crippen LogP contribution in [0.1, 0.15) is 24.8 Å². The van der Waals surface area contributed by atoms with Gasteiger partial charge >= 0.3 is 0 Å². The molecule has 30 heavy (non-hydrogen) atoms. The molecule has 1 aromatic heterocycles. The number of carbonyl (C=O) groups is 1. The Hall–Kier alpha value is -2.92. The van der Waals surface area contributed by atoms with Gasteiger partial charge in [-0.25, -0.2) is 4.39 Å². The van der Waals surface area contributed by atoms with Crippen molar-refractivity contribution >= 4 is 11.6 Å². The first-order valence-electron chi connectivity index (χ1n) is 10.5. The Balaban J connectivity index is 1.19. The van der Waals surface area contributed by atoms with Gasteiger partial charge in [0.05, 0.1) is 6.26 Å². The standard InChI is InChI=1S/C25H25FN2O2/c26-19-6-3-7-20(15-19)27-24(29)22-16-25(22)10-12-28(13-11-25)17-18-5-1-2-8-21(18)23-9-4-14-30-23/h1-9,14-15,22H,10-13,16-17H2,(H,27,29). The molecule has 2 fully saturated rings. The van der Waals surface area contributed by atoms with E-state index in [1.54, 1.807) is 18.4 Å². The maximum atomic E-state index is 13.4. The topological polar surface area (TPSA) is 45.5 Å². The van der Waals surface area contributed by atoms with Crippen molar-refractivity contribution in [2.24, 2.45) is 11.3 Å². The number of anilines is 1. The Morgan fingerprint density at radius 1 is 1.10 bits per heavy atom. The molecule has 1 saturated carbocycles. The zero-order chi connectivity index (χ0) is 20.6. The highest BCUT2D eigenvalue weighted by atomic mass is 19.1. The van der Waals surface area contributed by atoms with Gasteiger partial charge in [0.15, 0.2) is 0 Å². The zero-order valence-corrected chi connectivity index (χ0v) is 16.8. The molecule has 3 aromatic rings. The molecular formula is C25H25FN2O2. The third-order valence-electron chi connectivity index (χ3n) is 6.65. The van der Waals surface area contributed by atoms with Crippen LogP contribution in [0.4, 0.5) is 10.1 Å². The van der Waals surface area contributed by atoms with E-state index < -0.39 is 0 Å². The molecule has 4 nitrogen and oxygen atoms in total. The smallest absolute Gasteiger partial charge is 0.228 e. The van der Waals surface area contributed by atoms with Gasteiger partial charge in [0.25, 0.3) is 0 Å². The van der Waals surface area contributed by atoms with E-state index in [-0.39, 0.29) is 23.1 Å². The number of benzene rings is 2. The number of furan rings is 1. The summed E-state index contributed by atoms with van der Waals surface area (Å²) in [5.74, 6) is 0.632. The van der Waals surface area contributed by atoms with Crippen LogP contribution in [-0.4, -0.2) is 23.9 Å². The maximum absolute atomic E-state index is 13.4. The summed E-state index contributed by atoms with van der Waals surface area (Å²) >= 11 is 0. The minimum atomic E-state index is -0.332. The zero-order valence-electron chi connectivity index (χ0n) is 16.8. The molecule has 1 spiro atoms. The second-order valence-electron chi connectivity index (χ2n) is 8.53. The minimum Gasteiger partial charge on any atom is -0.464 e. The van der Waals surface area contributed by atoms with E-state index in [1.807, 2.05) is 18.2 Å². The molecule has 154 valence electrons. The molecule has 2 heterocycles. The summed E-state index contributed by atoms with van der Waals surface area (Å²) in [5.41, 5.74) is 3.06. The van der Waals surface area contributed by atoms with Gasteiger partial charge in [-0.15, -0.1) is 0 Å². The lowest BCUT2D eigenvalue weighted by Gasteiger charge is -2.33. The summed E-state index contributed by atoms with van der Waals surface area (Å²) in [6.45, 7) is 2.85. The Morgan fingerprint density at radius 2 is 1.93 bits per heavy atom. The fourth-order valence-corrected chi connectivity index (χ4v) is 4.79. The Morgan fingerprint density at radius 3 is 2.70 bits per heavy atom. The van der Waals surface area contributed by atoms with Gasteiger partial charge in [-0.3, -0.25) is 9.69 Å². The van der Waals surface area contributed by atoms with E-state index in [0.29, 0.717) is 5.69 Å². The van der Waals surface area contributed by atoms with Crippen molar-refractivity contribution in [2.45, 2.75) is 25.8 Å². The Kier molecular flexibility index (Phi) is 4.91. The number of amides is 1. The lowest BCUT2D eigenvalue weighted by atomic mass is 9.90. The van der Waals surface area contributed by atoms with E-state index in [0.717, 1.165) is 50.2 Å². The highest BCUT2D eigenvalue weighted by molar-refractivity contribution is 5.95. The normalized spacial score (nSPS) is 20.2. The number of halogens is 1. The average molecular weight is 404 g/mol. The van der Waals surface area contributed by atoms with Crippen LogP contribution in [0.25, 0.3) is 11.3 Å². The van der Waals surface area contributed by atoms with Gasteiger partial charge in [-0.05, 0) is 73.7 Å². The fraction of sp³-hybridized carbons (Fsp3) is 0.320. The molecule has 0 radical (unpaired) electrons. The number of rotatable bonds is 5. The first-order valence-corrected chi connectivity index (χ1v) is 10.5. The molecular weight excluding hydrogens is 379 g/mol. The lowest BCUT2D eigenvalue weighted by molar-refractivity contribution is -0.118.